The molecule has 26 heavy (non-hydrogen) atoms. The van der Waals surface area contributed by atoms with Gasteiger partial charge in [-0.3, -0.25) is 19.5 Å². The van der Waals surface area contributed by atoms with Crippen LogP contribution in [-0.2, 0) is 9.59 Å². The van der Waals surface area contributed by atoms with E-state index in [1.54, 1.807) is 7.05 Å². The van der Waals surface area contributed by atoms with Crippen molar-refractivity contribution in [2.75, 3.05) is 40.3 Å². The molecule has 0 aromatic carbocycles. The standard InChI is InChI=1S/C19H29N5O2/c1-20-19(22-11-14-4-3-8-23(14)2)21-7-9-24-17(25)15-12-5-6-13(10-12)16(15)18(24)26/h5-6,12-16H,3-4,7-11H2,1-2H3,(H2,20,21,22). The van der Waals surface area contributed by atoms with E-state index in [-0.39, 0.29) is 35.5 Å². The van der Waals surface area contributed by atoms with Crippen LogP contribution >= 0.6 is 0 Å². The Morgan fingerprint density at radius 3 is 2.46 bits per heavy atom. The number of nitrogens with one attached hydrogen (secondary N) is 2. The first-order chi connectivity index (χ1) is 12.6. The largest absolute Gasteiger partial charge is 0.355 e. The number of carbonyl (C=O) groups is 2. The Kier molecular flexibility index (Phi) is 4.73. The summed E-state index contributed by atoms with van der Waals surface area (Å²) in [5.74, 6) is 1.12. The van der Waals surface area contributed by atoms with Crippen LogP contribution in [0.25, 0.3) is 0 Å². The van der Waals surface area contributed by atoms with Gasteiger partial charge in [0.15, 0.2) is 5.96 Å². The zero-order valence-electron chi connectivity index (χ0n) is 15.6. The lowest BCUT2D eigenvalue weighted by atomic mass is 9.85. The highest BCUT2D eigenvalue weighted by Gasteiger charge is 2.58. The van der Waals surface area contributed by atoms with Gasteiger partial charge in [0.2, 0.25) is 11.8 Å². The van der Waals surface area contributed by atoms with Gasteiger partial charge in [-0.1, -0.05) is 12.2 Å². The van der Waals surface area contributed by atoms with Gasteiger partial charge < -0.3 is 15.5 Å². The van der Waals surface area contributed by atoms with E-state index in [1.165, 1.54) is 17.7 Å². The molecule has 142 valence electrons. The maximum atomic E-state index is 12.7. The second-order valence-corrected chi connectivity index (χ2v) is 7.98. The average Bonchev–Trinajstić information content (AvgIpc) is 3.39. The molecule has 2 amide bonds. The van der Waals surface area contributed by atoms with Gasteiger partial charge in [-0.05, 0) is 44.7 Å². The molecule has 0 aromatic heterocycles. The molecule has 7 heteroatoms. The van der Waals surface area contributed by atoms with Gasteiger partial charge in [0.05, 0.1) is 11.8 Å². The van der Waals surface area contributed by atoms with Crippen molar-refractivity contribution in [3.8, 4) is 0 Å². The third kappa shape index (κ3) is 2.92. The Balaban J connectivity index is 1.25. The minimum absolute atomic E-state index is 0.0224. The maximum Gasteiger partial charge on any atom is 0.233 e. The van der Waals surface area contributed by atoms with Crippen LogP contribution in [0.3, 0.4) is 0 Å². The lowest BCUT2D eigenvalue weighted by Crippen LogP contribution is -2.46. The summed E-state index contributed by atoms with van der Waals surface area (Å²) in [6, 6.07) is 0.539. The van der Waals surface area contributed by atoms with Crippen LogP contribution in [0.2, 0.25) is 0 Å². The van der Waals surface area contributed by atoms with Gasteiger partial charge in [-0.15, -0.1) is 0 Å². The van der Waals surface area contributed by atoms with Gasteiger partial charge in [0.1, 0.15) is 0 Å². The zero-order chi connectivity index (χ0) is 18.3. The molecule has 2 aliphatic carbocycles. The van der Waals surface area contributed by atoms with Crippen LogP contribution in [0.4, 0.5) is 0 Å². The van der Waals surface area contributed by atoms with Crippen molar-refractivity contribution in [3.05, 3.63) is 12.2 Å². The van der Waals surface area contributed by atoms with E-state index < -0.39 is 0 Å². The van der Waals surface area contributed by atoms with Gasteiger partial charge in [0, 0.05) is 32.7 Å². The SMILES string of the molecule is CN=C(NCCN1C(=O)C2C3C=CC(C3)C2C1=O)NCC1CCCN1C. The number of allylic oxidation sites excluding steroid dienone is 2. The Morgan fingerprint density at radius 1 is 1.19 bits per heavy atom. The quantitative estimate of drug-likeness (QED) is 0.314. The van der Waals surface area contributed by atoms with Crippen molar-refractivity contribution in [3.63, 3.8) is 0 Å². The molecule has 4 rings (SSSR count). The minimum atomic E-state index is -0.104. The number of nitrogens with zero attached hydrogens (tertiary/aromatic N) is 3. The Labute approximate surface area is 154 Å². The summed E-state index contributed by atoms with van der Waals surface area (Å²) in [5.41, 5.74) is 0. The third-order valence-electron chi connectivity index (χ3n) is 6.59. The van der Waals surface area contributed by atoms with E-state index in [2.05, 4.69) is 39.7 Å². The van der Waals surface area contributed by atoms with Gasteiger partial charge >= 0.3 is 0 Å². The van der Waals surface area contributed by atoms with Crippen molar-refractivity contribution < 1.29 is 9.59 Å². The van der Waals surface area contributed by atoms with E-state index in [4.69, 9.17) is 0 Å². The van der Waals surface area contributed by atoms with E-state index >= 15 is 0 Å². The number of carbonyl (C=O) groups excluding carboxylic acids is 2. The molecule has 3 fully saturated rings. The normalized spacial score (nSPS) is 36.3. The van der Waals surface area contributed by atoms with Crippen LogP contribution in [0, 0.1) is 23.7 Å². The van der Waals surface area contributed by atoms with Crippen LogP contribution in [0.15, 0.2) is 17.1 Å². The molecule has 0 aromatic rings. The molecule has 2 bridgehead atoms. The van der Waals surface area contributed by atoms with E-state index in [1.807, 2.05) is 0 Å². The number of amides is 2. The summed E-state index contributed by atoms with van der Waals surface area (Å²) in [6.45, 7) is 2.95. The molecule has 0 radical (unpaired) electrons. The maximum absolute atomic E-state index is 12.7. The summed E-state index contributed by atoms with van der Waals surface area (Å²) in [4.78, 5) is 33.4. The average molecular weight is 359 g/mol. The second kappa shape index (κ2) is 7.02. The first-order valence-electron chi connectivity index (χ1n) is 9.78. The number of hydrogen-bond donors (Lipinski definition) is 2. The topological polar surface area (TPSA) is 77.0 Å². The van der Waals surface area contributed by atoms with Crippen molar-refractivity contribution in [1.29, 1.82) is 0 Å². The molecule has 4 aliphatic rings. The second-order valence-electron chi connectivity index (χ2n) is 7.98. The number of likely N-dealkylation sites (N-methyl/N-ethyl adjacent to an activating group) is 1. The summed E-state index contributed by atoms with van der Waals surface area (Å²) in [5, 5.41) is 6.59. The summed E-state index contributed by atoms with van der Waals surface area (Å²) in [6.07, 6.45) is 7.68. The van der Waals surface area contributed by atoms with Crippen LogP contribution in [0.1, 0.15) is 19.3 Å². The number of aliphatic imine (C=N–C) groups is 1. The van der Waals surface area contributed by atoms with Crippen LogP contribution < -0.4 is 10.6 Å². The van der Waals surface area contributed by atoms with Crippen LogP contribution in [0.5, 0.6) is 0 Å². The monoisotopic (exact) mass is 359 g/mol. The Hall–Kier alpha value is -1.89. The highest BCUT2D eigenvalue weighted by atomic mass is 16.2. The van der Waals surface area contributed by atoms with Gasteiger partial charge in [-0.2, -0.15) is 0 Å². The van der Waals surface area contributed by atoms with Crippen molar-refractivity contribution in [2.24, 2.45) is 28.7 Å². The molecular formula is C19H29N5O2. The number of fused-ring (bicyclic) bond motifs is 5. The van der Waals surface area contributed by atoms with E-state index in [0.29, 0.717) is 19.1 Å². The molecule has 7 nitrogen and oxygen atoms in total. The lowest BCUT2D eigenvalue weighted by molar-refractivity contribution is -0.140. The summed E-state index contributed by atoms with van der Waals surface area (Å²) < 4.78 is 0. The van der Waals surface area contributed by atoms with Crippen LogP contribution in [-0.4, -0.2) is 73.9 Å². The van der Waals surface area contributed by atoms with Gasteiger partial charge in [0.25, 0.3) is 0 Å². The fourth-order valence-corrected chi connectivity index (χ4v) is 5.14. The van der Waals surface area contributed by atoms with Crippen molar-refractivity contribution in [1.82, 2.24) is 20.4 Å². The number of likely N-dealkylation sites (tertiary alicyclic amines) is 2. The number of imide groups is 1. The van der Waals surface area contributed by atoms with Crippen molar-refractivity contribution >= 4 is 17.8 Å². The molecule has 2 heterocycles. The highest BCUT2D eigenvalue weighted by molar-refractivity contribution is 6.06. The zero-order valence-corrected chi connectivity index (χ0v) is 15.6. The Bertz CT molecular complexity index is 616. The fourth-order valence-electron chi connectivity index (χ4n) is 5.14. The fraction of sp³-hybridized carbons (Fsp3) is 0.737. The smallest absolute Gasteiger partial charge is 0.233 e. The van der Waals surface area contributed by atoms with Crippen molar-refractivity contribution in [2.45, 2.75) is 25.3 Å². The number of hydrogen-bond acceptors (Lipinski definition) is 4. The molecule has 0 spiro atoms. The first-order valence-corrected chi connectivity index (χ1v) is 9.78. The number of guanidine groups is 1. The molecule has 2 saturated heterocycles. The third-order valence-corrected chi connectivity index (χ3v) is 6.59. The van der Waals surface area contributed by atoms with E-state index in [0.717, 1.165) is 25.5 Å². The molecule has 5 atom stereocenters. The summed E-state index contributed by atoms with van der Waals surface area (Å²) >= 11 is 0. The molecule has 5 unspecified atom stereocenters. The predicted octanol–water partition coefficient (Wildman–Crippen LogP) is 0.0527. The number of rotatable bonds is 5. The van der Waals surface area contributed by atoms with Gasteiger partial charge in [-0.25, -0.2) is 0 Å². The minimum Gasteiger partial charge on any atom is -0.355 e. The first kappa shape index (κ1) is 17.5. The predicted molar refractivity (Wildman–Crippen MR) is 99.5 cm³/mol. The lowest BCUT2D eigenvalue weighted by Gasteiger charge is -2.22. The molecule has 2 aliphatic heterocycles. The molecular weight excluding hydrogens is 330 g/mol. The molecule has 2 N–H and O–H groups in total. The highest BCUT2D eigenvalue weighted by Crippen LogP contribution is 2.52. The van der Waals surface area contributed by atoms with E-state index in [9.17, 15) is 9.59 Å². The Morgan fingerprint density at radius 2 is 1.88 bits per heavy atom. The molecule has 1 saturated carbocycles. The summed E-state index contributed by atoms with van der Waals surface area (Å²) in [7, 11) is 3.90.